The minimum Gasteiger partial charge on any atom is -0.477 e. The second-order valence-corrected chi connectivity index (χ2v) is 6.02. The molecule has 1 aliphatic rings. The van der Waals surface area contributed by atoms with Crippen LogP contribution in [0, 0.1) is 0 Å². The van der Waals surface area contributed by atoms with E-state index in [2.05, 4.69) is 22.2 Å². The van der Waals surface area contributed by atoms with Crippen molar-refractivity contribution in [2.75, 3.05) is 6.26 Å². The number of aromatic nitrogens is 1. The van der Waals surface area contributed by atoms with Gasteiger partial charge >= 0.3 is 5.97 Å². The number of hydrogen-bond donors (Lipinski definition) is 1. The van der Waals surface area contributed by atoms with Crippen LogP contribution in [-0.2, 0) is 0 Å². The number of thioether (sulfide) groups is 1. The molecule has 0 aliphatic heterocycles. The second-order valence-electron chi connectivity index (χ2n) is 4.03. The summed E-state index contributed by atoms with van der Waals surface area (Å²) in [6.45, 7) is 0. The maximum Gasteiger partial charge on any atom is 0.352 e. The van der Waals surface area contributed by atoms with E-state index < -0.39 is 5.97 Å². The summed E-state index contributed by atoms with van der Waals surface area (Å²) >= 11 is 5.19. The fourth-order valence-electron chi connectivity index (χ4n) is 2.39. The lowest BCUT2D eigenvalue weighted by Crippen LogP contribution is -2.19. The van der Waals surface area contributed by atoms with Gasteiger partial charge in [0.15, 0.2) is 0 Å². The van der Waals surface area contributed by atoms with Crippen molar-refractivity contribution in [3.8, 4) is 0 Å². The van der Waals surface area contributed by atoms with E-state index in [0.717, 1.165) is 10.9 Å². The van der Waals surface area contributed by atoms with Crippen LogP contribution in [0.15, 0.2) is 16.7 Å². The Labute approximate surface area is 107 Å². The Hall–Kier alpha value is -0.420. The average Bonchev–Trinajstić information content (AvgIpc) is 2.82. The lowest BCUT2D eigenvalue weighted by atomic mass is 10.2. The van der Waals surface area contributed by atoms with Crippen molar-refractivity contribution in [1.82, 2.24) is 4.57 Å². The summed E-state index contributed by atoms with van der Waals surface area (Å²) in [6.07, 6.45) is 7.43. The van der Waals surface area contributed by atoms with Gasteiger partial charge in [0.1, 0.15) is 5.69 Å². The van der Waals surface area contributed by atoms with Gasteiger partial charge in [0.2, 0.25) is 0 Å². The quantitative estimate of drug-likeness (QED) is 0.930. The van der Waals surface area contributed by atoms with E-state index in [1.165, 1.54) is 12.8 Å². The Balaban J connectivity index is 2.35. The van der Waals surface area contributed by atoms with Crippen molar-refractivity contribution < 1.29 is 9.90 Å². The van der Waals surface area contributed by atoms with E-state index in [1.54, 1.807) is 6.07 Å². The highest BCUT2D eigenvalue weighted by Gasteiger charge is 2.30. The number of carboxylic acid groups (broad SMARTS) is 1. The molecule has 1 fully saturated rings. The van der Waals surface area contributed by atoms with Gasteiger partial charge in [-0.1, -0.05) is 6.42 Å². The van der Waals surface area contributed by atoms with Crippen molar-refractivity contribution in [2.24, 2.45) is 0 Å². The molecule has 0 radical (unpaired) electrons. The number of nitrogens with zero attached hydrogens (tertiary/aromatic N) is 1. The maximum atomic E-state index is 11.1. The predicted octanol–water partition coefficient (Wildman–Crippen LogP) is 3.41. The number of carbonyl (C=O) groups is 1. The molecule has 1 N–H and O–H groups in total. The molecular formula is C11H14BrNO2S. The highest BCUT2D eigenvalue weighted by molar-refractivity contribution is 9.10. The molecule has 1 aromatic rings. The van der Waals surface area contributed by atoms with Crippen LogP contribution >= 0.6 is 27.7 Å². The van der Waals surface area contributed by atoms with Crippen LogP contribution in [-0.4, -0.2) is 27.1 Å². The number of halogens is 1. The lowest BCUT2D eigenvalue weighted by molar-refractivity contribution is 0.0683. The van der Waals surface area contributed by atoms with E-state index in [9.17, 15) is 4.79 Å². The van der Waals surface area contributed by atoms with Crippen molar-refractivity contribution in [3.05, 3.63) is 22.4 Å². The minimum absolute atomic E-state index is 0.326. The molecule has 1 aromatic heterocycles. The van der Waals surface area contributed by atoms with Gasteiger partial charge in [0, 0.05) is 22.0 Å². The van der Waals surface area contributed by atoms with Crippen molar-refractivity contribution in [3.63, 3.8) is 0 Å². The predicted molar refractivity (Wildman–Crippen MR) is 69.3 cm³/mol. The Bertz CT molecular complexity index is 405. The van der Waals surface area contributed by atoms with Gasteiger partial charge in [-0.2, -0.15) is 11.8 Å². The molecule has 1 aliphatic carbocycles. The van der Waals surface area contributed by atoms with Crippen LogP contribution < -0.4 is 0 Å². The van der Waals surface area contributed by atoms with Gasteiger partial charge in [-0.3, -0.25) is 0 Å². The van der Waals surface area contributed by atoms with E-state index >= 15 is 0 Å². The molecule has 2 atom stereocenters. The molecule has 88 valence electrons. The summed E-state index contributed by atoms with van der Waals surface area (Å²) in [7, 11) is 0. The summed E-state index contributed by atoms with van der Waals surface area (Å²) in [5.74, 6) is -0.850. The molecule has 0 bridgehead atoms. The topological polar surface area (TPSA) is 42.2 Å². The van der Waals surface area contributed by atoms with E-state index in [4.69, 9.17) is 5.11 Å². The largest absolute Gasteiger partial charge is 0.477 e. The van der Waals surface area contributed by atoms with E-state index in [1.807, 2.05) is 22.5 Å². The molecule has 5 heteroatoms. The standard InChI is InChI=1S/C11H14BrNO2S/c1-16-10-4-2-3-8(10)13-6-7(12)5-9(13)11(14)15/h5-6,8,10H,2-4H2,1H3,(H,14,15). The number of carboxylic acids is 1. The van der Waals surface area contributed by atoms with Gasteiger partial charge < -0.3 is 9.67 Å². The molecule has 0 aromatic carbocycles. The first-order valence-corrected chi connectivity index (χ1v) is 7.35. The van der Waals surface area contributed by atoms with Crippen LogP contribution in [0.1, 0.15) is 35.8 Å². The Morgan fingerprint density at radius 2 is 2.38 bits per heavy atom. The smallest absolute Gasteiger partial charge is 0.352 e. The summed E-state index contributed by atoms with van der Waals surface area (Å²) < 4.78 is 2.76. The normalized spacial score (nSPS) is 24.9. The number of aromatic carboxylic acids is 1. The molecule has 16 heavy (non-hydrogen) atoms. The first kappa shape index (κ1) is 12.0. The highest BCUT2D eigenvalue weighted by atomic mass is 79.9. The summed E-state index contributed by atoms with van der Waals surface area (Å²) in [5.41, 5.74) is 0.387. The van der Waals surface area contributed by atoms with Gasteiger partial charge in [-0.15, -0.1) is 0 Å². The molecule has 1 saturated carbocycles. The van der Waals surface area contributed by atoms with Crippen LogP contribution in [0.2, 0.25) is 0 Å². The van der Waals surface area contributed by atoms with Gasteiger partial charge in [-0.05, 0) is 41.1 Å². The minimum atomic E-state index is -0.850. The Kier molecular flexibility index (Phi) is 3.64. The van der Waals surface area contributed by atoms with E-state index in [0.29, 0.717) is 17.0 Å². The Morgan fingerprint density at radius 3 is 3.00 bits per heavy atom. The van der Waals surface area contributed by atoms with Crippen molar-refractivity contribution in [1.29, 1.82) is 0 Å². The second kappa shape index (κ2) is 4.84. The molecule has 0 saturated heterocycles. The monoisotopic (exact) mass is 303 g/mol. The fourth-order valence-corrected chi connectivity index (χ4v) is 3.81. The highest BCUT2D eigenvalue weighted by Crippen LogP contribution is 2.39. The third kappa shape index (κ3) is 2.15. The maximum absolute atomic E-state index is 11.1. The number of rotatable bonds is 3. The SMILES string of the molecule is CSC1CCCC1n1cc(Br)cc1C(=O)O. The first-order chi connectivity index (χ1) is 7.63. The van der Waals surface area contributed by atoms with Crippen LogP contribution in [0.3, 0.4) is 0 Å². The van der Waals surface area contributed by atoms with Gasteiger partial charge in [0.25, 0.3) is 0 Å². The lowest BCUT2D eigenvalue weighted by Gasteiger charge is -2.21. The third-order valence-corrected chi connectivity index (χ3v) is 4.70. The summed E-state index contributed by atoms with van der Waals surface area (Å²) in [6, 6.07) is 2.00. The number of hydrogen-bond acceptors (Lipinski definition) is 2. The van der Waals surface area contributed by atoms with Crippen LogP contribution in [0.4, 0.5) is 0 Å². The Morgan fingerprint density at radius 1 is 1.62 bits per heavy atom. The molecule has 0 amide bonds. The summed E-state index contributed by atoms with van der Waals surface area (Å²) in [5, 5.41) is 9.69. The fraction of sp³-hybridized carbons (Fsp3) is 0.545. The van der Waals surface area contributed by atoms with E-state index in [-0.39, 0.29) is 0 Å². The average molecular weight is 304 g/mol. The molecule has 1 heterocycles. The molecule has 2 unspecified atom stereocenters. The molecule has 3 nitrogen and oxygen atoms in total. The van der Waals surface area contributed by atoms with Crippen molar-refractivity contribution >= 4 is 33.7 Å². The van der Waals surface area contributed by atoms with Gasteiger partial charge in [-0.25, -0.2) is 4.79 Å². The van der Waals surface area contributed by atoms with Crippen LogP contribution in [0.25, 0.3) is 0 Å². The third-order valence-electron chi connectivity index (χ3n) is 3.11. The molecule has 0 spiro atoms. The van der Waals surface area contributed by atoms with Gasteiger partial charge in [0.05, 0.1) is 0 Å². The zero-order valence-electron chi connectivity index (χ0n) is 9.02. The zero-order chi connectivity index (χ0) is 11.7. The van der Waals surface area contributed by atoms with Crippen molar-refractivity contribution in [2.45, 2.75) is 30.6 Å². The first-order valence-electron chi connectivity index (χ1n) is 5.27. The zero-order valence-corrected chi connectivity index (χ0v) is 11.4. The molecular weight excluding hydrogens is 290 g/mol. The summed E-state index contributed by atoms with van der Waals surface area (Å²) in [4.78, 5) is 11.1. The molecule has 2 rings (SSSR count). The van der Waals surface area contributed by atoms with Crippen LogP contribution in [0.5, 0.6) is 0 Å².